The molecule has 5 nitrogen and oxygen atoms in total. The molecule has 2 aliphatic carbocycles. The minimum absolute atomic E-state index is 0.310. The second-order valence-corrected chi connectivity index (χ2v) is 15.9. The Bertz CT molecular complexity index is 3150. The van der Waals surface area contributed by atoms with Crippen molar-refractivity contribution in [1.29, 1.82) is 0 Å². The van der Waals surface area contributed by atoms with Gasteiger partial charge in [0.25, 0.3) is 0 Å². The summed E-state index contributed by atoms with van der Waals surface area (Å²) in [6, 6.07) is 35.9. The first-order valence-corrected chi connectivity index (χ1v) is 21.7. The van der Waals surface area contributed by atoms with E-state index < -0.39 is 0 Å². The molecular weight excluding hydrogens is 761 g/mol. The first kappa shape index (κ1) is 40.2. The number of rotatable bonds is 13. The fourth-order valence-electron chi connectivity index (χ4n) is 8.94. The third-order valence-corrected chi connectivity index (χ3v) is 12.1. The Hall–Kier alpha value is -7.24. The maximum Gasteiger partial charge on any atom is 0.159 e. The van der Waals surface area contributed by atoms with Crippen LogP contribution in [0, 0.1) is 0 Å². The molecule has 2 aliphatic rings. The van der Waals surface area contributed by atoms with Crippen molar-refractivity contribution in [2.75, 3.05) is 23.5 Å². The molecule has 0 saturated carbocycles. The lowest BCUT2D eigenvalue weighted by Crippen LogP contribution is -2.24. The number of fused-ring (bicyclic) bond motifs is 3. The van der Waals surface area contributed by atoms with E-state index in [4.69, 9.17) is 9.15 Å². The second kappa shape index (κ2) is 17.8. The Labute approximate surface area is 364 Å². The van der Waals surface area contributed by atoms with Crippen LogP contribution in [0.15, 0.2) is 203 Å². The minimum Gasteiger partial charge on any atom is -0.508 e. The largest absolute Gasteiger partial charge is 0.508 e. The molecule has 1 N–H and O–H groups in total. The topological polar surface area (TPSA) is 49.1 Å². The molecule has 0 atom stereocenters. The first-order chi connectivity index (χ1) is 30.4. The molecule has 0 bridgehead atoms. The fourth-order valence-corrected chi connectivity index (χ4v) is 8.94. The first-order valence-electron chi connectivity index (χ1n) is 21.7. The lowest BCUT2D eigenvalue weighted by atomic mass is 9.92. The third-order valence-electron chi connectivity index (χ3n) is 12.1. The van der Waals surface area contributed by atoms with Crippen molar-refractivity contribution < 1.29 is 14.3 Å². The van der Waals surface area contributed by atoms with Crippen molar-refractivity contribution in [2.24, 2.45) is 0 Å². The molecule has 0 unspecified atom stereocenters. The maximum absolute atomic E-state index is 10.4. The van der Waals surface area contributed by atoms with Gasteiger partial charge in [-0.15, -0.1) is 0 Å². The summed E-state index contributed by atoms with van der Waals surface area (Å²) in [5, 5.41) is 18.8. The highest BCUT2D eigenvalue weighted by Gasteiger charge is 2.26. The highest BCUT2D eigenvalue weighted by Crippen LogP contribution is 2.42. The van der Waals surface area contributed by atoms with E-state index in [0.29, 0.717) is 18.8 Å². The summed E-state index contributed by atoms with van der Waals surface area (Å²) in [5.41, 5.74) is 10.5. The SMILES string of the molecule is C/C=C\C=C/COC1=C(CC)C=CCC=C1N(/C(C)=C/C=C\Cc1ccccc1O)c1ccc2ccc3c4c(ccc1c24)=CC=C(N(C)c1cccc2c1oc1ccccc12)C3. The highest BCUT2D eigenvalue weighted by atomic mass is 16.5. The van der Waals surface area contributed by atoms with Gasteiger partial charge in [-0.2, -0.15) is 0 Å². The number of hydrogen-bond acceptors (Lipinski definition) is 5. The zero-order valence-electron chi connectivity index (χ0n) is 35.9. The quantitative estimate of drug-likeness (QED) is 0.118. The van der Waals surface area contributed by atoms with E-state index in [0.717, 1.165) is 80.9 Å². The van der Waals surface area contributed by atoms with E-state index in [1.807, 2.05) is 55.5 Å². The van der Waals surface area contributed by atoms with Gasteiger partial charge in [-0.1, -0.05) is 140 Å². The minimum atomic E-state index is 0.310. The smallest absolute Gasteiger partial charge is 0.159 e. The van der Waals surface area contributed by atoms with Crippen LogP contribution in [-0.2, 0) is 17.6 Å². The van der Waals surface area contributed by atoms with Gasteiger partial charge in [0.15, 0.2) is 5.58 Å². The Kier molecular flexibility index (Phi) is 11.5. The number of phenols is 1. The Morgan fingerprint density at radius 3 is 2.52 bits per heavy atom. The molecule has 62 heavy (non-hydrogen) atoms. The third kappa shape index (κ3) is 7.67. The number of likely N-dealkylation sites (N-methyl/N-ethyl adjacent to an activating group) is 1. The van der Waals surface area contributed by atoms with Crippen molar-refractivity contribution in [2.45, 2.75) is 46.5 Å². The number of ether oxygens (including phenoxy) is 1. The van der Waals surface area contributed by atoms with Gasteiger partial charge < -0.3 is 24.1 Å². The number of para-hydroxylation sites is 3. The lowest BCUT2D eigenvalue weighted by molar-refractivity contribution is 0.251. The fraction of sp³-hybridized carbons (Fsp3) is 0.158. The van der Waals surface area contributed by atoms with E-state index in [1.54, 1.807) is 6.07 Å². The number of furan rings is 1. The number of phenolic OH excluding ortho intramolecular Hbond substituents is 1. The van der Waals surface area contributed by atoms with Crippen molar-refractivity contribution in [3.05, 3.63) is 215 Å². The summed E-state index contributed by atoms with van der Waals surface area (Å²) in [4.78, 5) is 4.67. The van der Waals surface area contributed by atoms with Gasteiger partial charge in [-0.25, -0.2) is 0 Å². The second-order valence-electron chi connectivity index (χ2n) is 15.9. The van der Waals surface area contributed by atoms with E-state index >= 15 is 0 Å². The summed E-state index contributed by atoms with van der Waals surface area (Å²) in [5.74, 6) is 1.19. The molecule has 5 heteroatoms. The number of hydrogen-bond donors (Lipinski definition) is 1. The van der Waals surface area contributed by atoms with E-state index in [1.165, 1.54) is 38.0 Å². The van der Waals surface area contributed by atoms with Gasteiger partial charge in [-0.05, 0) is 114 Å². The summed E-state index contributed by atoms with van der Waals surface area (Å²) < 4.78 is 13.2. The van der Waals surface area contributed by atoms with Crippen molar-refractivity contribution in [3.8, 4) is 5.75 Å². The molecule has 0 aliphatic heterocycles. The van der Waals surface area contributed by atoms with Gasteiger partial charge in [-0.3, -0.25) is 0 Å². The van der Waals surface area contributed by atoms with Gasteiger partial charge in [0.1, 0.15) is 23.7 Å². The number of nitrogens with zero attached hydrogens (tertiary/aromatic N) is 2. The predicted molar refractivity (Wildman–Crippen MR) is 261 cm³/mol. The van der Waals surface area contributed by atoms with Crippen LogP contribution in [0.5, 0.6) is 5.75 Å². The average Bonchev–Trinajstić information content (AvgIpc) is 3.41. The predicted octanol–water partition coefficient (Wildman–Crippen LogP) is 13.8. The van der Waals surface area contributed by atoms with Crippen molar-refractivity contribution in [3.63, 3.8) is 0 Å². The van der Waals surface area contributed by atoms with Crippen LogP contribution in [0.1, 0.15) is 44.7 Å². The van der Waals surface area contributed by atoms with Crippen molar-refractivity contribution in [1.82, 2.24) is 0 Å². The van der Waals surface area contributed by atoms with Gasteiger partial charge in [0, 0.05) is 41.0 Å². The van der Waals surface area contributed by atoms with Crippen LogP contribution in [-0.4, -0.2) is 18.8 Å². The molecule has 0 spiro atoms. The summed E-state index contributed by atoms with van der Waals surface area (Å²) in [7, 11) is 2.15. The molecular formula is C57H52N2O3. The number of anilines is 2. The summed E-state index contributed by atoms with van der Waals surface area (Å²) in [6.07, 6.45) is 28.8. The molecule has 308 valence electrons. The van der Waals surface area contributed by atoms with Crippen LogP contribution >= 0.6 is 0 Å². The average molecular weight is 813 g/mol. The monoisotopic (exact) mass is 812 g/mol. The van der Waals surface area contributed by atoms with Gasteiger partial charge >= 0.3 is 0 Å². The lowest BCUT2D eigenvalue weighted by Gasteiger charge is -2.32. The van der Waals surface area contributed by atoms with Crippen LogP contribution in [0.4, 0.5) is 11.4 Å². The number of benzene rings is 6. The standard InChI is InChI=1S/C57H52N2O3/c1-5-7-8-17-37-61-56-40(6-2)20-11-14-25-51(56)59(39(3)19-9-10-21-41-22-12-15-27-52(41)60)49-36-33-43-29-30-44-38-45(34-31-42-32-35-48(49)55(43)54(42)44)58(4)50-26-18-24-47-46-23-13-16-28-53(46)62-57(47)50/h5,7-13,15-20,22-36,60H,6,14,21,37-38H2,1-4H3/b7-5-,10-9-,17-8-,39-19+. The Morgan fingerprint density at radius 1 is 0.806 bits per heavy atom. The van der Waals surface area contributed by atoms with Crippen molar-refractivity contribution >= 4 is 60.9 Å². The molecule has 1 heterocycles. The maximum atomic E-state index is 10.4. The zero-order valence-corrected chi connectivity index (χ0v) is 35.9. The number of aromatic hydroxyl groups is 1. The van der Waals surface area contributed by atoms with E-state index in [-0.39, 0.29) is 0 Å². The molecule has 0 saturated heterocycles. The molecule has 7 aromatic rings. The van der Waals surface area contributed by atoms with E-state index in [9.17, 15) is 5.11 Å². The van der Waals surface area contributed by atoms with Crippen LogP contribution in [0.25, 0.3) is 49.6 Å². The molecule has 9 rings (SSSR count). The Balaban J connectivity index is 1.15. The summed E-state index contributed by atoms with van der Waals surface area (Å²) >= 11 is 0. The summed E-state index contributed by atoms with van der Waals surface area (Å²) in [6.45, 7) is 6.84. The van der Waals surface area contributed by atoms with Crippen LogP contribution < -0.4 is 15.0 Å². The highest BCUT2D eigenvalue weighted by molar-refractivity contribution is 6.16. The molecule has 0 amide bonds. The zero-order chi connectivity index (χ0) is 42.6. The molecule has 0 radical (unpaired) electrons. The van der Waals surface area contributed by atoms with Gasteiger partial charge in [0.2, 0.25) is 0 Å². The molecule has 1 aromatic heterocycles. The normalized spacial score (nSPS) is 14.7. The molecule has 0 fully saturated rings. The van der Waals surface area contributed by atoms with Crippen LogP contribution in [0.2, 0.25) is 0 Å². The Morgan fingerprint density at radius 2 is 1.65 bits per heavy atom. The molecule has 6 aromatic carbocycles. The van der Waals surface area contributed by atoms with Gasteiger partial charge in [0.05, 0.1) is 17.1 Å². The van der Waals surface area contributed by atoms with Crippen LogP contribution in [0.3, 0.4) is 0 Å². The number of allylic oxidation sites excluding steroid dienone is 13. The van der Waals surface area contributed by atoms with E-state index in [2.05, 4.69) is 152 Å².